The molecule has 3 unspecified atom stereocenters. The number of carbonyl (C=O) groups excluding carboxylic acids is 1. The Morgan fingerprint density at radius 3 is 2.12 bits per heavy atom. The molecule has 0 bridgehead atoms. The Hall–Kier alpha value is -2.06. The maximum Gasteiger partial charge on any atom is 0.472 e. The number of phosphoric ester groups is 1. The molecular formula is C32H55N2O6P. The molecule has 0 spiro atoms. The van der Waals surface area contributed by atoms with E-state index < -0.39 is 20.0 Å². The molecule has 1 amide bonds. The molecular weight excluding hydrogens is 539 g/mol. The number of hydrogen-bond acceptors (Lipinski definition) is 6. The topological polar surface area (TPSA) is 131 Å². The van der Waals surface area contributed by atoms with Gasteiger partial charge in [0.2, 0.25) is 5.91 Å². The van der Waals surface area contributed by atoms with Crippen molar-refractivity contribution in [3.63, 3.8) is 0 Å². The summed E-state index contributed by atoms with van der Waals surface area (Å²) in [5.74, 6) is -0.247. The molecule has 0 aromatic carbocycles. The third kappa shape index (κ3) is 26.6. The average molecular weight is 595 g/mol. The van der Waals surface area contributed by atoms with Crippen LogP contribution in [0.4, 0.5) is 0 Å². The highest BCUT2D eigenvalue weighted by atomic mass is 31.2. The summed E-state index contributed by atoms with van der Waals surface area (Å²) in [6.45, 7) is 3.67. The van der Waals surface area contributed by atoms with E-state index in [2.05, 4.69) is 66.9 Å². The highest BCUT2D eigenvalue weighted by molar-refractivity contribution is 7.47. The summed E-state index contributed by atoms with van der Waals surface area (Å²) in [6, 6.07) is -0.898. The van der Waals surface area contributed by atoms with E-state index in [1.807, 2.05) is 19.1 Å². The Labute approximate surface area is 248 Å². The molecule has 0 aliphatic carbocycles. The van der Waals surface area contributed by atoms with Crippen molar-refractivity contribution in [3.05, 3.63) is 72.9 Å². The van der Waals surface area contributed by atoms with Crippen molar-refractivity contribution in [2.24, 2.45) is 5.73 Å². The SMILES string of the molecule is C/C=C/CC/C=C/CC/C=C/C(O)C(COP(=O)(O)OCCN)NC(=O)CCCCC/C=C\C/C=C\C/C=C\CC. The Morgan fingerprint density at radius 2 is 1.46 bits per heavy atom. The van der Waals surface area contributed by atoms with Gasteiger partial charge in [-0.1, -0.05) is 86.3 Å². The number of nitrogens with two attached hydrogens (primary N) is 1. The molecule has 3 atom stereocenters. The molecule has 5 N–H and O–H groups in total. The van der Waals surface area contributed by atoms with Crippen LogP contribution in [-0.4, -0.2) is 47.8 Å². The molecule has 0 saturated heterocycles. The van der Waals surface area contributed by atoms with E-state index in [9.17, 15) is 19.4 Å². The minimum Gasteiger partial charge on any atom is -0.387 e. The summed E-state index contributed by atoms with van der Waals surface area (Å²) in [7, 11) is -4.34. The van der Waals surface area contributed by atoms with E-state index in [0.717, 1.165) is 64.2 Å². The van der Waals surface area contributed by atoms with Gasteiger partial charge in [0.15, 0.2) is 0 Å². The molecule has 0 aromatic rings. The quantitative estimate of drug-likeness (QED) is 0.0483. The zero-order chi connectivity index (χ0) is 30.4. The van der Waals surface area contributed by atoms with Crippen LogP contribution in [0.2, 0.25) is 0 Å². The lowest BCUT2D eigenvalue weighted by Gasteiger charge is -2.23. The van der Waals surface area contributed by atoms with Gasteiger partial charge in [0.25, 0.3) is 0 Å². The van der Waals surface area contributed by atoms with E-state index in [1.165, 1.54) is 0 Å². The molecule has 41 heavy (non-hydrogen) atoms. The Bertz CT molecular complexity index is 866. The minimum absolute atomic E-state index is 0.0625. The van der Waals surface area contributed by atoms with Crippen LogP contribution in [0.3, 0.4) is 0 Å². The number of nitrogens with one attached hydrogen (secondary N) is 1. The number of unbranched alkanes of at least 4 members (excludes halogenated alkanes) is 5. The van der Waals surface area contributed by atoms with E-state index in [4.69, 9.17) is 14.8 Å². The van der Waals surface area contributed by atoms with Gasteiger partial charge in [-0.2, -0.15) is 0 Å². The zero-order valence-electron chi connectivity index (χ0n) is 25.2. The maximum atomic E-state index is 12.6. The Balaban J connectivity index is 4.57. The van der Waals surface area contributed by atoms with Crippen molar-refractivity contribution in [3.8, 4) is 0 Å². The fourth-order valence-corrected chi connectivity index (χ4v) is 4.35. The number of hydrogen-bond donors (Lipinski definition) is 4. The van der Waals surface area contributed by atoms with Gasteiger partial charge < -0.3 is 21.1 Å². The molecule has 0 aliphatic heterocycles. The molecule has 0 aliphatic rings. The molecule has 9 heteroatoms. The van der Waals surface area contributed by atoms with Gasteiger partial charge in [-0.25, -0.2) is 4.57 Å². The van der Waals surface area contributed by atoms with Gasteiger partial charge in [0, 0.05) is 13.0 Å². The van der Waals surface area contributed by atoms with Crippen LogP contribution in [-0.2, 0) is 18.4 Å². The van der Waals surface area contributed by atoms with Crippen LogP contribution in [0.15, 0.2) is 72.9 Å². The number of amides is 1. The lowest BCUT2D eigenvalue weighted by molar-refractivity contribution is -0.123. The van der Waals surface area contributed by atoms with Crippen LogP contribution < -0.4 is 11.1 Å². The van der Waals surface area contributed by atoms with E-state index in [0.29, 0.717) is 12.8 Å². The Kier molecular flexibility index (Phi) is 26.7. The largest absolute Gasteiger partial charge is 0.472 e. The second kappa shape index (κ2) is 28.1. The van der Waals surface area contributed by atoms with Gasteiger partial charge >= 0.3 is 7.82 Å². The average Bonchev–Trinajstić information content (AvgIpc) is 2.95. The summed E-state index contributed by atoms with van der Waals surface area (Å²) >= 11 is 0. The van der Waals surface area contributed by atoms with Gasteiger partial charge in [-0.05, 0) is 71.1 Å². The molecule has 0 saturated carbocycles. The summed E-state index contributed by atoms with van der Waals surface area (Å²) in [5, 5.41) is 13.4. The fraction of sp³-hybridized carbons (Fsp3) is 0.594. The van der Waals surface area contributed by atoms with Gasteiger partial charge in [0.05, 0.1) is 25.4 Å². The normalized spacial score (nSPS) is 15.7. The Morgan fingerprint density at radius 1 is 0.854 bits per heavy atom. The summed E-state index contributed by atoms with van der Waals surface area (Å²) in [6.07, 6.45) is 34.0. The summed E-state index contributed by atoms with van der Waals surface area (Å²) in [5.41, 5.74) is 5.31. The third-order valence-electron chi connectivity index (χ3n) is 5.84. The van der Waals surface area contributed by atoms with Crippen LogP contribution in [0.25, 0.3) is 0 Å². The van der Waals surface area contributed by atoms with Crippen LogP contribution in [0.1, 0.15) is 90.9 Å². The molecule has 0 aromatic heterocycles. The number of allylic oxidation sites excluding steroid dienone is 11. The van der Waals surface area contributed by atoms with Crippen molar-refractivity contribution >= 4 is 13.7 Å². The predicted molar refractivity (Wildman–Crippen MR) is 170 cm³/mol. The predicted octanol–water partition coefficient (Wildman–Crippen LogP) is 6.98. The van der Waals surface area contributed by atoms with Crippen molar-refractivity contribution < 1.29 is 28.4 Å². The number of rotatable bonds is 26. The zero-order valence-corrected chi connectivity index (χ0v) is 26.1. The fourth-order valence-electron chi connectivity index (χ4n) is 3.59. The first kappa shape index (κ1) is 38.9. The van der Waals surface area contributed by atoms with Crippen LogP contribution >= 0.6 is 7.82 Å². The minimum atomic E-state index is -4.34. The lowest BCUT2D eigenvalue weighted by Crippen LogP contribution is -2.45. The van der Waals surface area contributed by atoms with Crippen molar-refractivity contribution in [1.82, 2.24) is 5.32 Å². The van der Waals surface area contributed by atoms with E-state index >= 15 is 0 Å². The first-order valence-electron chi connectivity index (χ1n) is 15.0. The number of aliphatic hydroxyl groups is 1. The maximum absolute atomic E-state index is 12.6. The first-order chi connectivity index (χ1) is 19.9. The highest BCUT2D eigenvalue weighted by Gasteiger charge is 2.26. The first-order valence-corrected chi connectivity index (χ1v) is 16.5. The van der Waals surface area contributed by atoms with Gasteiger partial charge in [-0.3, -0.25) is 13.8 Å². The van der Waals surface area contributed by atoms with E-state index in [1.54, 1.807) is 6.08 Å². The molecule has 8 nitrogen and oxygen atoms in total. The molecule has 0 heterocycles. The standard InChI is InChI=1S/C32H55N2O6P/c1-3-5-7-9-11-13-14-15-16-18-20-22-24-26-32(36)34-30(29-40-41(37,38)39-28-27-33)31(35)25-23-21-19-17-12-10-8-6-4-2/h4-7,11-13,15-17,23,25,30-31,35H,3,8-10,14,18-22,24,26-29,33H2,1-2H3,(H,34,36)(H,37,38)/b6-4+,7-5-,13-11-,16-15-,17-12+,25-23+. The highest BCUT2D eigenvalue weighted by Crippen LogP contribution is 2.43. The molecule has 0 fully saturated rings. The number of phosphoric acid groups is 1. The smallest absolute Gasteiger partial charge is 0.387 e. The van der Waals surface area contributed by atoms with Crippen LogP contribution in [0, 0.1) is 0 Å². The van der Waals surface area contributed by atoms with Crippen LogP contribution in [0.5, 0.6) is 0 Å². The summed E-state index contributed by atoms with van der Waals surface area (Å²) < 4.78 is 21.8. The molecule has 234 valence electrons. The second-order valence-electron chi connectivity index (χ2n) is 9.57. The summed E-state index contributed by atoms with van der Waals surface area (Å²) in [4.78, 5) is 22.4. The molecule has 0 rings (SSSR count). The van der Waals surface area contributed by atoms with Gasteiger partial charge in [-0.15, -0.1) is 0 Å². The van der Waals surface area contributed by atoms with Gasteiger partial charge in [0.1, 0.15) is 0 Å². The molecule has 0 radical (unpaired) electrons. The van der Waals surface area contributed by atoms with Crippen molar-refractivity contribution in [2.75, 3.05) is 19.8 Å². The lowest BCUT2D eigenvalue weighted by atomic mass is 10.1. The monoisotopic (exact) mass is 594 g/mol. The second-order valence-corrected chi connectivity index (χ2v) is 11.0. The van der Waals surface area contributed by atoms with Crippen molar-refractivity contribution in [2.45, 2.75) is 103 Å². The number of carbonyl (C=O) groups is 1. The van der Waals surface area contributed by atoms with Crippen molar-refractivity contribution in [1.29, 1.82) is 0 Å². The number of aliphatic hydroxyl groups excluding tert-OH is 1. The van der Waals surface area contributed by atoms with E-state index in [-0.39, 0.29) is 25.7 Å². The third-order valence-corrected chi connectivity index (χ3v) is 6.82.